The Bertz CT molecular complexity index is 1580. The number of ether oxygens (including phenoxy) is 1. The number of pyridine rings is 1. The number of fused-ring (bicyclic) bond motifs is 2. The molecule has 1 fully saturated rings. The van der Waals surface area contributed by atoms with Crippen LogP contribution in [0.4, 0.5) is 14.6 Å². The Labute approximate surface area is 223 Å². The highest BCUT2D eigenvalue weighted by Crippen LogP contribution is 2.30. The molecule has 0 spiro atoms. The summed E-state index contributed by atoms with van der Waals surface area (Å²) in [6.45, 7) is 10.1. The van der Waals surface area contributed by atoms with Crippen LogP contribution in [-0.4, -0.2) is 73.7 Å². The molecule has 0 atom stereocenters. The fraction of sp³-hybridized carbons (Fsp3) is 0.444. The topological polar surface area (TPSA) is 93.7 Å². The summed E-state index contributed by atoms with van der Waals surface area (Å²) in [5.41, 5.74) is 4.58. The third kappa shape index (κ3) is 5.01. The molecule has 39 heavy (non-hydrogen) atoms. The van der Waals surface area contributed by atoms with E-state index in [0.717, 1.165) is 84.3 Å². The molecule has 4 aromatic rings. The molecule has 0 unspecified atom stereocenters. The van der Waals surface area contributed by atoms with E-state index in [9.17, 15) is 13.6 Å². The SMILES string of the molecule is Cc1c(N2CCc3ncc(-c4cnn(CCN5CCOCC5)c4)cc3C2)nn2c(=O)cc(C(F)F)nc2c1C. The number of rotatable bonds is 6. The number of hydrogen-bond acceptors (Lipinski definition) is 8. The number of aromatic nitrogens is 6. The van der Waals surface area contributed by atoms with Gasteiger partial charge in [-0.15, -0.1) is 5.10 Å². The molecule has 6 rings (SSSR count). The van der Waals surface area contributed by atoms with Gasteiger partial charge in [-0.1, -0.05) is 0 Å². The zero-order valence-corrected chi connectivity index (χ0v) is 22.0. The minimum Gasteiger partial charge on any atom is -0.379 e. The van der Waals surface area contributed by atoms with E-state index in [1.54, 1.807) is 6.92 Å². The number of alkyl halides is 2. The highest BCUT2D eigenvalue weighted by molar-refractivity contribution is 5.64. The van der Waals surface area contributed by atoms with Crippen LogP contribution in [0, 0.1) is 13.8 Å². The molecule has 1 saturated heterocycles. The quantitative estimate of drug-likeness (QED) is 0.372. The number of aryl methyl sites for hydroxylation is 1. The summed E-state index contributed by atoms with van der Waals surface area (Å²) in [5.74, 6) is 0.640. The van der Waals surface area contributed by atoms with Gasteiger partial charge in [0.1, 0.15) is 5.69 Å². The largest absolute Gasteiger partial charge is 0.379 e. The van der Waals surface area contributed by atoms with Gasteiger partial charge in [0.2, 0.25) is 0 Å². The highest BCUT2D eigenvalue weighted by atomic mass is 19.3. The molecule has 0 aliphatic carbocycles. The second-order valence-corrected chi connectivity index (χ2v) is 10.1. The van der Waals surface area contributed by atoms with E-state index >= 15 is 0 Å². The smallest absolute Gasteiger partial charge is 0.280 e. The van der Waals surface area contributed by atoms with Gasteiger partial charge in [0, 0.05) is 85.6 Å². The Morgan fingerprint density at radius 2 is 1.85 bits per heavy atom. The average Bonchev–Trinajstić information content (AvgIpc) is 3.43. The van der Waals surface area contributed by atoms with E-state index in [-0.39, 0.29) is 5.65 Å². The van der Waals surface area contributed by atoms with Gasteiger partial charge in [-0.3, -0.25) is 19.4 Å². The van der Waals surface area contributed by atoms with Crippen molar-refractivity contribution in [1.82, 2.24) is 34.3 Å². The number of morpholine rings is 1. The van der Waals surface area contributed by atoms with Gasteiger partial charge in [0.05, 0.1) is 26.0 Å². The number of hydrogen-bond donors (Lipinski definition) is 0. The Kier molecular flexibility index (Phi) is 6.81. The monoisotopic (exact) mass is 536 g/mol. The van der Waals surface area contributed by atoms with E-state index in [4.69, 9.17) is 9.72 Å². The van der Waals surface area contributed by atoms with E-state index in [1.165, 1.54) is 0 Å². The maximum absolute atomic E-state index is 13.2. The van der Waals surface area contributed by atoms with Crippen molar-refractivity contribution >= 4 is 11.5 Å². The van der Waals surface area contributed by atoms with Crippen LogP contribution in [-0.2, 0) is 24.2 Å². The molecule has 0 radical (unpaired) electrons. The van der Waals surface area contributed by atoms with Crippen molar-refractivity contribution in [2.24, 2.45) is 0 Å². The number of nitrogens with zero attached hydrogens (tertiary/aromatic N) is 8. The summed E-state index contributed by atoms with van der Waals surface area (Å²) in [6, 6.07) is 3.00. The second-order valence-electron chi connectivity index (χ2n) is 10.1. The third-order valence-corrected chi connectivity index (χ3v) is 7.62. The lowest BCUT2D eigenvalue weighted by molar-refractivity contribution is 0.0360. The van der Waals surface area contributed by atoms with Crippen molar-refractivity contribution in [3.8, 4) is 11.1 Å². The molecule has 10 nitrogen and oxygen atoms in total. The van der Waals surface area contributed by atoms with Crippen molar-refractivity contribution in [2.45, 2.75) is 39.8 Å². The zero-order chi connectivity index (χ0) is 27.1. The zero-order valence-electron chi connectivity index (χ0n) is 22.0. The lowest BCUT2D eigenvalue weighted by Crippen LogP contribution is -2.38. The molecule has 2 aliphatic rings. The summed E-state index contributed by atoms with van der Waals surface area (Å²) in [5, 5.41) is 9.10. The molecule has 204 valence electrons. The molecule has 0 amide bonds. The van der Waals surface area contributed by atoms with Crippen molar-refractivity contribution in [3.63, 3.8) is 0 Å². The van der Waals surface area contributed by atoms with Crippen molar-refractivity contribution in [1.29, 1.82) is 0 Å². The van der Waals surface area contributed by atoms with E-state index < -0.39 is 17.7 Å². The van der Waals surface area contributed by atoms with Crippen molar-refractivity contribution in [3.05, 3.63) is 69.2 Å². The Morgan fingerprint density at radius 3 is 2.64 bits per heavy atom. The minimum atomic E-state index is -2.82. The standard InChI is InChI=1S/C27H30F2N8O2/c1-17-18(2)27(33-37-24(38)12-23(25(28)29)32-26(17)37)35-4-3-22-20(15-35)11-19(13-30-22)21-14-31-36(16-21)6-5-34-7-9-39-10-8-34/h11-14,16,25H,3-10,15H2,1-2H3. The first-order valence-electron chi connectivity index (χ1n) is 13.1. The molecule has 2 aliphatic heterocycles. The molecule has 0 N–H and O–H groups in total. The summed E-state index contributed by atoms with van der Waals surface area (Å²) in [7, 11) is 0. The van der Waals surface area contributed by atoms with E-state index in [0.29, 0.717) is 24.5 Å². The van der Waals surface area contributed by atoms with Gasteiger partial charge >= 0.3 is 0 Å². The predicted octanol–water partition coefficient (Wildman–Crippen LogP) is 2.80. The summed E-state index contributed by atoms with van der Waals surface area (Å²) in [4.78, 5) is 25.9. The first kappa shape index (κ1) is 25.5. The van der Waals surface area contributed by atoms with Gasteiger partial charge in [0.15, 0.2) is 11.5 Å². The van der Waals surface area contributed by atoms with Crippen LogP contribution in [0.25, 0.3) is 16.8 Å². The summed E-state index contributed by atoms with van der Waals surface area (Å²) < 4.78 is 35.0. The maximum atomic E-state index is 13.2. The minimum absolute atomic E-state index is 0.158. The number of halogens is 2. The van der Waals surface area contributed by atoms with Crippen molar-refractivity contribution in [2.75, 3.05) is 44.3 Å². The van der Waals surface area contributed by atoms with Gasteiger partial charge < -0.3 is 9.64 Å². The fourth-order valence-corrected chi connectivity index (χ4v) is 5.22. The van der Waals surface area contributed by atoms with Crippen LogP contribution >= 0.6 is 0 Å². The Balaban J connectivity index is 1.24. The van der Waals surface area contributed by atoms with E-state index in [2.05, 4.69) is 37.2 Å². The summed E-state index contributed by atoms with van der Waals surface area (Å²) >= 11 is 0. The Hall–Kier alpha value is -3.77. The van der Waals surface area contributed by atoms with Crippen LogP contribution in [0.5, 0.6) is 0 Å². The highest BCUT2D eigenvalue weighted by Gasteiger charge is 2.24. The second kappa shape index (κ2) is 10.4. The van der Waals surface area contributed by atoms with Gasteiger partial charge in [-0.2, -0.15) is 9.61 Å². The van der Waals surface area contributed by atoms with Crippen LogP contribution in [0.3, 0.4) is 0 Å². The van der Waals surface area contributed by atoms with Crippen LogP contribution in [0.15, 0.2) is 35.5 Å². The maximum Gasteiger partial charge on any atom is 0.280 e. The molecule has 0 saturated carbocycles. The molecule has 6 heterocycles. The van der Waals surface area contributed by atoms with Crippen LogP contribution < -0.4 is 10.5 Å². The Morgan fingerprint density at radius 1 is 1.03 bits per heavy atom. The van der Waals surface area contributed by atoms with Crippen LogP contribution in [0.1, 0.15) is 34.5 Å². The molecular formula is C27H30F2N8O2. The normalized spacial score (nSPS) is 16.3. The lowest BCUT2D eigenvalue weighted by Gasteiger charge is -2.31. The molecule has 4 aromatic heterocycles. The predicted molar refractivity (Wildman–Crippen MR) is 141 cm³/mol. The van der Waals surface area contributed by atoms with E-state index in [1.807, 2.05) is 24.0 Å². The van der Waals surface area contributed by atoms with Crippen LogP contribution in [0.2, 0.25) is 0 Å². The van der Waals surface area contributed by atoms with Gasteiger partial charge in [-0.05, 0) is 25.5 Å². The average molecular weight is 537 g/mol. The molecule has 0 bridgehead atoms. The van der Waals surface area contributed by atoms with Gasteiger partial charge in [0.25, 0.3) is 12.0 Å². The lowest BCUT2D eigenvalue weighted by atomic mass is 10.0. The van der Waals surface area contributed by atoms with Crippen molar-refractivity contribution < 1.29 is 13.5 Å². The fourth-order valence-electron chi connectivity index (χ4n) is 5.22. The molecule has 0 aromatic carbocycles. The molecular weight excluding hydrogens is 506 g/mol. The summed E-state index contributed by atoms with van der Waals surface area (Å²) in [6.07, 6.45) is 3.72. The first-order valence-corrected chi connectivity index (χ1v) is 13.1. The number of anilines is 1. The van der Waals surface area contributed by atoms with Gasteiger partial charge in [-0.25, -0.2) is 13.8 Å². The first-order chi connectivity index (χ1) is 18.9. The molecule has 12 heteroatoms. The third-order valence-electron chi connectivity index (χ3n) is 7.62.